The lowest BCUT2D eigenvalue weighted by atomic mass is 10.2. The van der Waals surface area contributed by atoms with Crippen molar-refractivity contribution in [2.24, 2.45) is 0 Å². The summed E-state index contributed by atoms with van der Waals surface area (Å²) in [4.78, 5) is 13.9. The molecule has 1 rings (SSSR count). The van der Waals surface area contributed by atoms with Crippen molar-refractivity contribution in [3.8, 4) is 0 Å². The van der Waals surface area contributed by atoms with E-state index in [0.29, 0.717) is 0 Å². The number of amides is 1. The predicted octanol–water partition coefficient (Wildman–Crippen LogP) is 2.80. The van der Waals surface area contributed by atoms with Crippen molar-refractivity contribution < 1.29 is 4.79 Å². The van der Waals surface area contributed by atoms with E-state index in [1.54, 1.807) is 0 Å². The Kier molecular flexibility index (Phi) is 6.36. The van der Waals surface area contributed by atoms with Gasteiger partial charge in [-0.2, -0.15) is 0 Å². The van der Waals surface area contributed by atoms with Crippen LogP contribution in [0.15, 0.2) is 28.7 Å². The molecule has 0 spiro atoms. The maximum Gasteiger partial charge on any atom is 0.237 e. The van der Waals surface area contributed by atoms with Gasteiger partial charge in [-0.3, -0.25) is 9.69 Å². The van der Waals surface area contributed by atoms with Gasteiger partial charge in [-0.25, -0.2) is 0 Å². The van der Waals surface area contributed by atoms with Crippen molar-refractivity contribution in [3.05, 3.63) is 34.3 Å². The normalized spacial score (nSPS) is 12.5. The van der Waals surface area contributed by atoms with Crippen LogP contribution in [0.1, 0.15) is 25.8 Å². The summed E-state index contributed by atoms with van der Waals surface area (Å²) in [6.45, 7) is 5.50. The largest absolute Gasteiger partial charge is 0.355 e. The summed E-state index contributed by atoms with van der Waals surface area (Å²) in [5, 5.41) is 2.92. The van der Waals surface area contributed by atoms with Crippen LogP contribution in [0.5, 0.6) is 0 Å². The molecule has 0 radical (unpaired) electrons. The zero-order valence-electron chi connectivity index (χ0n) is 11.2. The van der Waals surface area contributed by atoms with Gasteiger partial charge in [0, 0.05) is 17.6 Å². The Labute approximate surface area is 118 Å². The molecule has 1 N–H and O–H groups in total. The number of benzene rings is 1. The molecule has 1 unspecified atom stereocenters. The first-order valence-electron chi connectivity index (χ1n) is 6.27. The molecule has 18 heavy (non-hydrogen) atoms. The highest BCUT2D eigenvalue weighted by molar-refractivity contribution is 9.10. The molecule has 4 heteroatoms. The van der Waals surface area contributed by atoms with Crippen LogP contribution in [-0.4, -0.2) is 30.4 Å². The van der Waals surface area contributed by atoms with E-state index in [2.05, 4.69) is 40.3 Å². The molecule has 3 nitrogen and oxygen atoms in total. The van der Waals surface area contributed by atoms with E-state index in [1.165, 1.54) is 5.56 Å². The topological polar surface area (TPSA) is 32.3 Å². The number of carbonyl (C=O) groups is 1. The molecule has 1 aromatic rings. The highest BCUT2D eigenvalue weighted by Gasteiger charge is 2.17. The lowest BCUT2D eigenvalue weighted by molar-refractivity contribution is -0.125. The van der Waals surface area contributed by atoms with Crippen molar-refractivity contribution in [3.63, 3.8) is 0 Å². The molecule has 0 fully saturated rings. The van der Waals surface area contributed by atoms with Crippen LogP contribution in [0.25, 0.3) is 0 Å². The minimum Gasteiger partial charge on any atom is -0.355 e. The van der Waals surface area contributed by atoms with Gasteiger partial charge in [0.15, 0.2) is 0 Å². The summed E-state index contributed by atoms with van der Waals surface area (Å²) in [6, 6.07) is 8.06. The third-order valence-corrected chi connectivity index (χ3v) is 3.46. The Hall–Kier alpha value is -0.870. The number of nitrogens with zero attached hydrogens (tertiary/aromatic N) is 1. The fourth-order valence-electron chi connectivity index (χ4n) is 1.61. The van der Waals surface area contributed by atoms with Crippen LogP contribution in [0.4, 0.5) is 0 Å². The molecule has 100 valence electrons. The summed E-state index contributed by atoms with van der Waals surface area (Å²) in [6.07, 6.45) is 0.967. The Morgan fingerprint density at radius 1 is 1.39 bits per heavy atom. The maximum atomic E-state index is 11.8. The van der Waals surface area contributed by atoms with Crippen molar-refractivity contribution >= 4 is 21.8 Å². The number of likely N-dealkylation sites (N-methyl/N-ethyl adjacent to an activating group) is 1. The number of halogens is 1. The molecule has 0 saturated carbocycles. The molecule has 0 aromatic heterocycles. The van der Waals surface area contributed by atoms with Gasteiger partial charge in [0.05, 0.1) is 6.04 Å². The second-order valence-electron chi connectivity index (χ2n) is 4.51. The molecular formula is C14H21BrN2O. The number of hydrogen-bond acceptors (Lipinski definition) is 2. The minimum absolute atomic E-state index is 0.0939. The number of carbonyl (C=O) groups excluding carboxylic acids is 1. The molecule has 0 heterocycles. The van der Waals surface area contributed by atoms with Gasteiger partial charge in [0.2, 0.25) is 5.91 Å². The first-order chi connectivity index (χ1) is 8.54. The van der Waals surface area contributed by atoms with Gasteiger partial charge in [0.25, 0.3) is 0 Å². The summed E-state index contributed by atoms with van der Waals surface area (Å²) in [5.74, 6) is 0.0939. The highest BCUT2D eigenvalue weighted by atomic mass is 79.9. The smallest absolute Gasteiger partial charge is 0.237 e. The van der Waals surface area contributed by atoms with Crippen LogP contribution in [0, 0.1) is 0 Å². The monoisotopic (exact) mass is 312 g/mol. The van der Waals surface area contributed by atoms with E-state index in [0.717, 1.165) is 24.0 Å². The van der Waals surface area contributed by atoms with E-state index in [9.17, 15) is 4.79 Å². The van der Waals surface area contributed by atoms with Crippen LogP contribution >= 0.6 is 15.9 Å². The van der Waals surface area contributed by atoms with E-state index >= 15 is 0 Å². The van der Waals surface area contributed by atoms with Crippen LogP contribution in [-0.2, 0) is 11.3 Å². The average molecular weight is 313 g/mol. The highest BCUT2D eigenvalue weighted by Crippen LogP contribution is 2.12. The summed E-state index contributed by atoms with van der Waals surface area (Å²) in [7, 11) is 1.97. The third kappa shape index (κ3) is 4.78. The Bertz CT molecular complexity index is 378. The Balaban J connectivity index is 2.51. The molecule has 0 aliphatic carbocycles. The van der Waals surface area contributed by atoms with E-state index in [4.69, 9.17) is 0 Å². The van der Waals surface area contributed by atoms with Crippen molar-refractivity contribution in [2.75, 3.05) is 13.6 Å². The molecule has 1 atom stereocenters. The molecule has 0 aliphatic rings. The van der Waals surface area contributed by atoms with E-state index in [-0.39, 0.29) is 11.9 Å². The molecule has 1 aromatic carbocycles. The molecule has 0 saturated heterocycles. The fraction of sp³-hybridized carbons (Fsp3) is 0.500. The first kappa shape index (κ1) is 15.2. The number of nitrogens with one attached hydrogen (secondary N) is 1. The summed E-state index contributed by atoms with van der Waals surface area (Å²) < 4.78 is 1.07. The van der Waals surface area contributed by atoms with Gasteiger partial charge in [-0.15, -0.1) is 0 Å². The van der Waals surface area contributed by atoms with E-state index in [1.807, 2.05) is 31.0 Å². The van der Waals surface area contributed by atoms with Crippen molar-refractivity contribution in [1.82, 2.24) is 10.2 Å². The maximum absolute atomic E-state index is 11.8. The second kappa shape index (κ2) is 7.54. The summed E-state index contributed by atoms with van der Waals surface area (Å²) in [5.41, 5.74) is 1.20. The van der Waals surface area contributed by atoms with Gasteiger partial charge in [-0.1, -0.05) is 35.0 Å². The van der Waals surface area contributed by atoms with Gasteiger partial charge in [0.1, 0.15) is 0 Å². The standard InChI is InChI=1S/C14H21BrN2O/c1-4-9-16-14(18)11(2)17(3)10-12-5-7-13(15)8-6-12/h5-8,11H,4,9-10H2,1-3H3,(H,16,18). The molecule has 0 bridgehead atoms. The van der Waals surface area contributed by atoms with Gasteiger partial charge < -0.3 is 5.32 Å². The molecule has 1 amide bonds. The quantitative estimate of drug-likeness (QED) is 0.876. The lowest BCUT2D eigenvalue weighted by Gasteiger charge is -2.23. The predicted molar refractivity (Wildman–Crippen MR) is 78.4 cm³/mol. The summed E-state index contributed by atoms with van der Waals surface area (Å²) >= 11 is 3.41. The average Bonchev–Trinajstić information content (AvgIpc) is 2.37. The number of hydrogen-bond donors (Lipinski definition) is 1. The van der Waals surface area contributed by atoms with Crippen LogP contribution in [0.2, 0.25) is 0 Å². The van der Waals surface area contributed by atoms with Gasteiger partial charge >= 0.3 is 0 Å². The lowest BCUT2D eigenvalue weighted by Crippen LogP contribution is -2.43. The first-order valence-corrected chi connectivity index (χ1v) is 7.06. The minimum atomic E-state index is -0.111. The number of rotatable bonds is 6. The van der Waals surface area contributed by atoms with Gasteiger partial charge in [-0.05, 0) is 38.1 Å². The van der Waals surface area contributed by atoms with E-state index < -0.39 is 0 Å². The van der Waals surface area contributed by atoms with Crippen LogP contribution in [0.3, 0.4) is 0 Å². The molecule has 0 aliphatic heterocycles. The van der Waals surface area contributed by atoms with Crippen molar-refractivity contribution in [1.29, 1.82) is 0 Å². The molecular weight excluding hydrogens is 292 g/mol. The van der Waals surface area contributed by atoms with Crippen LogP contribution < -0.4 is 5.32 Å². The zero-order valence-corrected chi connectivity index (χ0v) is 12.8. The van der Waals surface area contributed by atoms with Crippen molar-refractivity contribution in [2.45, 2.75) is 32.9 Å². The Morgan fingerprint density at radius 2 is 2.00 bits per heavy atom. The fourth-order valence-corrected chi connectivity index (χ4v) is 1.88. The third-order valence-electron chi connectivity index (χ3n) is 2.94. The Morgan fingerprint density at radius 3 is 2.56 bits per heavy atom. The second-order valence-corrected chi connectivity index (χ2v) is 5.42. The SMILES string of the molecule is CCCNC(=O)C(C)N(C)Cc1ccc(Br)cc1. The zero-order chi connectivity index (χ0) is 13.5.